The summed E-state index contributed by atoms with van der Waals surface area (Å²) in [5.74, 6) is -4.29. The molecule has 0 spiro atoms. The van der Waals surface area contributed by atoms with E-state index in [9.17, 15) is 31.5 Å². The Morgan fingerprint density at radius 1 is 1.14 bits per heavy atom. The van der Waals surface area contributed by atoms with Crippen molar-refractivity contribution in [3.05, 3.63) is 29.3 Å². The zero-order valence-corrected chi connectivity index (χ0v) is 10.2. The monoisotopic (exact) mass is 312 g/mol. The molecule has 0 fully saturated rings. The summed E-state index contributed by atoms with van der Waals surface area (Å²) in [5, 5.41) is 12.2. The van der Waals surface area contributed by atoms with Gasteiger partial charge in [-0.05, 0) is 6.07 Å². The largest absolute Gasteiger partial charge is 0.478 e. The number of anilines is 1. The number of carbonyl (C=O) groups excluding carboxylic acids is 1. The normalized spacial score (nSPS) is 11.1. The van der Waals surface area contributed by atoms with Crippen LogP contribution in [0.4, 0.5) is 32.4 Å². The predicted octanol–water partition coefficient (Wildman–Crippen LogP) is 2.74. The van der Waals surface area contributed by atoms with Gasteiger partial charge in [0, 0.05) is 12.6 Å². The Hall–Kier alpha value is -2.39. The fraction of sp³-hybridized carbons (Fsp3) is 0.273. The summed E-state index contributed by atoms with van der Waals surface area (Å²) in [6.07, 6.45) is -5.75. The first kappa shape index (κ1) is 16.7. The fourth-order valence-electron chi connectivity index (χ4n) is 1.29. The average Bonchev–Trinajstić information content (AvgIpc) is 2.30. The lowest BCUT2D eigenvalue weighted by Crippen LogP contribution is -2.32. The average molecular weight is 312 g/mol. The van der Waals surface area contributed by atoms with E-state index in [4.69, 9.17) is 5.11 Å². The first-order valence-electron chi connectivity index (χ1n) is 5.44. The second kappa shape index (κ2) is 6.37. The van der Waals surface area contributed by atoms with E-state index in [0.717, 1.165) is 0 Å². The number of amides is 2. The highest BCUT2D eigenvalue weighted by Crippen LogP contribution is 2.20. The van der Waals surface area contributed by atoms with Crippen LogP contribution in [0.5, 0.6) is 0 Å². The van der Waals surface area contributed by atoms with Crippen molar-refractivity contribution in [3.63, 3.8) is 0 Å². The molecule has 0 saturated carbocycles. The van der Waals surface area contributed by atoms with Crippen LogP contribution in [-0.2, 0) is 0 Å². The second-order valence-corrected chi connectivity index (χ2v) is 3.86. The minimum Gasteiger partial charge on any atom is -0.478 e. The first-order chi connectivity index (χ1) is 9.60. The van der Waals surface area contributed by atoms with Gasteiger partial charge in [0.1, 0.15) is 11.6 Å². The Morgan fingerprint density at radius 3 is 2.29 bits per heavy atom. The maximum absolute atomic E-state index is 13.3. The van der Waals surface area contributed by atoms with Crippen molar-refractivity contribution in [2.24, 2.45) is 0 Å². The van der Waals surface area contributed by atoms with Gasteiger partial charge < -0.3 is 15.7 Å². The zero-order valence-electron chi connectivity index (χ0n) is 10.2. The van der Waals surface area contributed by atoms with Crippen LogP contribution in [0, 0.1) is 11.6 Å². The van der Waals surface area contributed by atoms with Crippen LogP contribution in [0.2, 0.25) is 0 Å². The number of urea groups is 1. The number of rotatable bonds is 4. The molecule has 21 heavy (non-hydrogen) atoms. The van der Waals surface area contributed by atoms with Crippen LogP contribution in [0.15, 0.2) is 12.1 Å². The van der Waals surface area contributed by atoms with Crippen LogP contribution < -0.4 is 10.6 Å². The molecule has 116 valence electrons. The maximum atomic E-state index is 13.3. The fourth-order valence-corrected chi connectivity index (χ4v) is 1.29. The number of halogens is 5. The standard InChI is InChI=1S/C11H9F5N2O3/c12-6-4-7(13)8(3-5(6)9(19)20)18-10(21)17-2-1-11(14,15)16/h3-4H,1-2H2,(H,19,20)(H2,17,18,21). The van der Waals surface area contributed by atoms with E-state index in [1.165, 1.54) is 0 Å². The van der Waals surface area contributed by atoms with Gasteiger partial charge in [0.25, 0.3) is 0 Å². The van der Waals surface area contributed by atoms with Crippen molar-refractivity contribution >= 4 is 17.7 Å². The summed E-state index contributed by atoms with van der Waals surface area (Å²) in [6.45, 7) is -0.746. The highest BCUT2D eigenvalue weighted by Gasteiger charge is 2.26. The van der Waals surface area contributed by atoms with Gasteiger partial charge in [-0.3, -0.25) is 0 Å². The van der Waals surface area contributed by atoms with Gasteiger partial charge in [0.15, 0.2) is 0 Å². The molecule has 5 nitrogen and oxygen atoms in total. The minimum atomic E-state index is -4.47. The molecule has 1 rings (SSSR count). The molecule has 2 amide bonds. The quantitative estimate of drug-likeness (QED) is 0.748. The number of carboxylic acid groups (broad SMARTS) is 1. The predicted molar refractivity (Wildman–Crippen MR) is 61.0 cm³/mol. The van der Waals surface area contributed by atoms with E-state index >= 15 is 0 Å². The number of hydrogen-bond acceptors (Lipinski definition) is 2. The van der Waals surface area contributed by atoms with Gasteiger partial charge in [-0.25, -0.2) is 18.4 Å². The maximum Gasteiger partial charge on any atom is 0.390 e. The molecular weight excluding hydrogens is 303 g/mol. The number of benzene rings is 1. The summed E-state index contributed by atoms with van der Waals surface area (Å²) < 4.78 is 61.9. The number of hydrogen-bond donors (Lipinski definition) is 3. The number of carboxylic acids is 1. The Labute approximate surface area is 114 Å². The van der Waals surface area contributed by atoms with Crippen LogP contribution in [0.25, 0.3) is 0 Å². The van der Waals surface area contributed by atoms with Crippen molar-refractivity contribution in [1.82, 2.24) is 5.32 Å². The number of nitrogens with one attached hydrogen (secondary N) is 2. The van der Waals surface area contributed by atoms with E-state index in [2.05, 4.69) is 0 Å². The van der Waals surface area contributed by atoms with Crippen LogP contribution in [-0.4, -0.2) is 29.8 Å². The lowest BCUT2D eigenvalue weighted by atomic mass is 10.2. The van der Waals surface area contributed by atoms with Gasteiger partial charge >= 0.3 is 18.2 Å². The molecule has 0 bridgehead atoms. The van der Waals surface area contributed by atoms with E-state index in [-0.39, 0.29) is 6.07 Å². The number of aromatic carboxylic acids is 1. The van der Waals surface area contributed by atoms with Gasteiger partial charge in [-0.2, -0.15) is 13.2 Å². The third-order valence-corrected chi connectivity index (χ3v) is 2.23. The molecule has 1 aromatic carbocycles. The van der Waals surface area contributed by atoms with Gasteiger partial charge in [0.2, 0.25) is 0 Å². The number of carbonyl (C=O) groups is 2. The van der Waals surface area contributed by atoms with Crippen LogP contribution >= 0.6 is 0 Å². The molecule has 0 saturated heterocycles. The molecule has 0 aliphatic carbocycles. The Morgan fingerprint density at radius 2 is 1.76 bits per heavy atom. The molecule has 0 aromatic heterocycles. The van der Waals surface area contributed by atoms with E-state index in [1.807, 2.05) is 0 Å². The first-order valence-corrected chi connectivity index (χ1v) is 5.44. The molecule has 0 atom stereocenters. The summed E-state index contributed by atoms with van der Waals surface area (Å²) in [4.78, 5) is 21.9. The van der Waals surface area contributed by atoms with Crippen molar-refractivity contribution in [2.45, 2.75) is 12.6 Å². The summed E-state index contributed by atoms with van der Waals surface area (Å²) in [7, 11) is 0. The van der Waals surface area contributed by atoms with Crippen LogP contribution in [0.1, 0.15) is 16.8 Å². The van der Waals surface area contributed by atoms with Gasteiger partial charge in [-0.1, -0.05) is 0 Å². The van der Waals surface area contributed by atoms with E-state index < -0.39 is 54.0 Å². The molecule has 0 unspecified atom stereocenters. The molecular formula is C11H9F5N2O3. The number of alkyl halides is 3. The van der Waals surface area contributed by atoms with Crippen molar-refractivity contribution in [1.29, 1.82) is 0 Å². The minimum absolute atomic E-state index is 0.245. The lowest BCUT2D eigenvalue weighted by molar-refractivity contribution is -0.132. The summed E-state index contributed by atoms with van der Waals surface area (Å²) >= 11 is 0. The molecule has 0 heterocycles. The second-order valence-electron chi connectivity index (χ2n) is 3.86. The third-order valence-electron chi connectivity index (χ3n) is 2.23. The summed E-state index contributed by atoms with van der Waals surface area (Å²) in [5.41, 5.74) is -1.56. The smallest absolute Gasteiger partial charge is 0.390 e. The van der Waals surface area contributed by atoms with Crippen molar-refractivity contribution in [3.8, 4) is 0 Å². The Balaban J connectivity index is 2.72. The Bertz CT molecular complexity index is 560. The van der Waals surface area contributed by atoms with E-state index in [1.54, 1.807) is 10.6 Å². The molecule has 1 aromatic rings. The van der Waals surface area contributed by atoms with Crippen molar-refractivity contribution in [2.75, 3.05) is 11.9 Å². The highest BCUT2D eigenvalue weighted by molar-refractivity contribution is 5.93. The van der Waals surface area contributed by atoms with Crippen molar-refractivity contribution < 1.29 is 36.6 Å². The lowest BCUT2D eigenvalue weighted by Gasteiger charge is -2.10. The SMILES string of the molecule is O=C(NCCC(F)(F)F)Nc1cc(C(=O)O)c(F)cc1F. The molecule has 0 aliphatic rings. The van der Waals surface area contributed by atoms with Gasteiger partial charge in [0.05, 0.1) is 17.7 Å². The Kier molecular flexibility index (Phi) is 5.06. The summed E-state index contributed by atoms with van der Waals surface area (Å²) in [6, 6.07) is -0.411. The topological polar surface area (TPSA) is 78.4 Å². The molecule has 0 radical (unpaired) electrons. The third kappa shape index (κ3) is 5.24. The molecule has 3 N–H and O–H groups in total. The van der Waals surface area contributed by atoms with Gasteiger partial charge in [-0.15, -0.1) is 0 Å². The van der Waals surface area contributed by atoms with Crippen LogP contribution in [0.3, 0.4) is 0 Å². The highest BCUT2D eigenvalue weighted by atomic mass is 19.4. The molecule has 10 heteroatoms. The molecule has 0 aliphatic heterocycles. The van der Waals surface area contributed by atoms with E-state index in [0.29, 0.717) is 6.07 Å². The zero-order chi connectivity index (χ0) is 16.2.